The van der Waals surface area contributed by atoms with Crippen molar-refractivity contribution < 1.29 is 14.6 Å². The summed E-state index contributed by atoms with van der Waals surface area (Å²) in [6, 6.07) is 25.3. The molecule has 0 amide bonds. The van der Waals surface area contributed by atoms with Crippen LogP contribution in [0.25, 0.3) is 10.9 Å². The number of hydrogen-bond donors (Lipinski definition) is 1. The van der Waals surface area contributed by atoms with Crippen molar-refractivity contribution in [3.63, 3.8) is 0 Å². The second-order valence-corrected chi connectivity index (χ2v) is 12.7. The van der Waals surface area contributed by atoms with Crippen molar-refractivity contribution in [1.82, 2.24) is 9.55 Å². The quantitative estimate of drug-likeness (QED) is 0.175. The Labute approximate surface area is 246 Å². The van der Waals surface area contributed by atoms with E-state index in [1.54, 1.807) is 30.1 Å². The summed E-state index contributed by atoms with van der Waals surface area (Å²) in [7, 11) is 0. The maximum atomic E-state index is 11.9. The summed E-state index contributed by atoms with van der Waals surface area (Å²) >= 11 is 9.64. The lowest BCUT2D eigenvalue weighted by atomic mass is 10.0. The Morgan fingerprint density at radius 1 is 1.10 bits per heavy atom. The highest BCUT2D eigenvalue weighted by molar-refractivity contribution is 8.00. The van der Waals surface area contributed by atoms with Crippen LogP contribution in [0, 0.1) is 0 Å². The lowest BCUT2D eigenvalue weighted by molar-refractivity contribution is 0.0693. The van der Waals surface area contributed by atoms with E-state index in [-0.39, 0.29) is 0 Å². The van der Waals surface area contributed by atoms with E-state index in [1.165, 1.54) is 21.5 Å². The van der Waals surface area contributed by atoms with Gasteiger partial charge >= 0.3 is 5.97 Å². The Bertz CT molecular complexity index is 1690. The van der Waals surface area contributed by atoms with Gasteiger partial charge in [0, 0.05) is 55.2 Å². The molecule has 0 bridgehead atoms. The molecule has 2 aromatic heterocycles. The van der Waals surface area contributed by atoms with Gasteiger partial charge in [-0.1, -0.05) is 48.9 Å². The van der Waals surface area contributed by atoms with Crippen LogP contribution in [-0.2, 0) is 25.3 Å². The molecule has 3 heterocycles. The number of ether oxygens (including phenoxy) is 1. The van der Waals surface area contributed by atoms with Gasteiger partial charge in [-0.25, -0.2) is 4.79 Å². The van der Waals surface area contributed by atoms with Crippen LogP contribution in [-0.4, -0.2) is 25.9 Å². The molecule has 3 aromatic carbocycles. The van der Waals surface area contributed by atoms with Gasteiger partial charge in [0.1, 0.15) is 12.4 Å². The number of carboxylic acid groups (broad SMARTS) is 1. The normalized spacial score (nSPS) is 14.4. The highest BCUT2D eigenvalue weighted by atomic mass is 35.5. The van der Waals surface area contributed by atoms with E-state index >= 15 is 0 Å². The lowest BCUT2D eigenvalue weighted by Crippen LogP contribution is -2.09. The molecule has 0 saturated carbocycles. The van der Waals surface area contributed by atoms with Gasteiger partial charge in [0.25, 0.3) is 0 Å². The maximum Gasteiger partial charge on any atom is 0.336 e. The van der Waals surface area contributed by atoms with Crippen molar-refractivity contribution in [2.24, 2.45) is 0 Å². The summed E-state index contributed by atoms with van der Waals surface area (Å²) in [6.45, 7) is 3.35. The third kappa shape index (κ3) is 5.46. The zero-order chi connectivity index (χ0) is 27.6. The smallest absolute Gasteiger partial charge is 0.336 e. The van der Waals surface area contributed by atoms with Crippen molar-refractivity contribution in [1.29, 1.82) is 0 Å². The Morgan fingerprint density at radius 3 is 2.67 bits per heavy atom. The van der Waals surface area contributed by atoms with Crippen LogP contribution in [0.1, 0.15) is 39.8 Å². The minimum atomic E-state index is -0.911. The predicted octanol–water partition coefficient (Wildman–Crippen LogP) is 8.34. The number of pyridine rings is 1. The van der Waals surface area contributed by atoms with E-state index in [0.29, 0.717) is 34.7 Å². The minimum absolute atomic E-state index is 0.327. The summed E-state index contributed by atoms with van der Waals surface area (Å²) in [5, 5.41) is 12.1. The average Bonchev–Trinajstić information content (AvgIpc) is 3.25. The van der Waals surface area contributed by atoms with Crippen LogP contribution in [0.2, 0.25) is 5.02 Å². The first-order valence-electron chi connectivity index (χ1n) is 13.0. The highest BCUT2D eigenvalue weighted by Gasteiger charge is 2.29. The molecule has 0 saturated heterocycles. The van der Waals surface area contributed by atoms with Crippen molar-refractivity contribution in [2.75, 3.05) is 0 Å². The number of thioether (sulfide) groups is 2. The molecule has 5 nitrogen and oxygen atoms in total. The first kappa shape index (κ1) is 26.8. The Morgan fingerprint density at radius 2 is 1.90 bits per heavy atom. The molecule has 40 heavy (non-hydrogen) atoms. The second kappa shape index (κ2) is 11.6. The van der Waals surface area contributed by atoms with Crippen LogP contribution in [0.5, 0.6) is 5.75 Å². The molecule has 1 unspecified atom stereocenters. The van der Waals surface area contributed by atoms with Gasteiger partial charge in [0.15, 0.2) is 0 Å². The number of rotatable bonds is 9. The monoisotopic (exact) mass is 586 g/mol. The zero-order valence-corrected chi connectivity index (χ0v) is 24.2. The van der Waals surface area contributed by atoms with Crippen molar-refractivity contribution >= 4 is 52.0 Å². The van der Waals surface area contributed by atoms with Gasteiger partial charge in [-0.15, -0.1) is 23.5 Å². The fraction of sp³-hybridized carbons (Fsp3) is 0.188. The number of carboxylic acids is 1. The lowest BCUT2D eigenvalue weighted by Gasteiger charge is -2.22. The summed E-state index contributed by atoms with van der Waals surface area (Å²) < 4.78 is 8.72. The fourth-order valence-corrected chi connectivity index (χ4v) is 7.76. The summed E-state index contributed by atoms with van der Waals surface area (Å²) in [4.78, 5) is 18.3. The van der Waals surface area contributed by atoms with Crippen LogP contribution in [0.3, 0.4) is 0 Å². The molecule has 1 atom stereocenters. The van der Waals surface area contributed by atoms with Gasteiger partial charge in [-0.2, -0.15) is 0 Å². The minimum Gasteiger partial charge on any atom is -0.487 e. The molecule has 1 aliphatic rings. The van der Waals surface area contributed by atoms with E-state index in [0.717, 1.165) is 33.8 Å². The van der Waals surface area contributed by atoms with Gasteiger partial charge in [0.05, 0.1) is 16.8 Å². The van der Waals surface area contributed by atoms with Crippen LogP contribution >= 0.6 is 35.1 Å². The number of aromatic carboxylic acids is 1. The molecular formula is C32H27ClN2O3S2. The van der Waals surface area contributed by atoms with Gasteiger partial charge < -0.3 is 14.4 Å². The highest BCUT2D eigenvalue weighted by Crippen LogP contribution is 2.48. The Balaban J connectivity index is 1.44. The van der Waals surface area contributed by atoms with E-state index < -0.39 is 5.97 Å². The first-order valence-corrected chi connectivity index (χ1v) is 15.3. The SMILES string of the molecule is CC1Cc2c(OCc3ccccn3)ccc3c2c(c(CSc2ccccc2C(=O)O)n3Cc2ccc(Cl)cc2)S1. The Hall–Kier alpha value is -3.39. The van der Waals surface area contributed by atoms with Crippen LogP contribution < -0.4 is 4.74 Å². The molecule has 1 N–H and O–H groups in total. The second-order valence-electron chi connectivity index (χ2n) is 9.76. The molecule has 0 radical (unpaired) electrons. The summed E-state index contributed by atoms with van der Waals surface area (Å²) in [5.41, 5.74) is 5.94. The van der Waals surface area contributed by atoms with E-state index in [9.17, 15) is 9.90 Å². The molecule has 8 heteroatoms. The van der Waals surface area contributed by atoms with Gasteiger partial charge in [-0.05, 0) is 60.5 Å². The van der Waals surface area contributed by atoms with Crippen LogP contribution in [0.15, 0.2) is 94.9 Å². The Kier molecular flexibility index (Phi) is 7.78. The van der Waals surface area contributed by atoms with E-state index in [4.69, 9.17) is 16.3 Å². The van der Waals surface area contributed by atoms with Crippen LogP contribution in [0.4, 0.5) is 0 Å². The number of aromatic nitrogens is 2. The molecule has 0 aliphatic carbocycles. The van der Waals surface area contributed by atoms with Gasteiger partial charge in [-0.3, -0.25) is 4.98 Å². The number of nitrogens with zero attached hydrogens (tertiary/aromatic N) is 2. The molecule has 0 spiro atoms. The third-order valence-electron chi connectivity index (χ3n) is 7.00. The van der Waals surface area contributed by atoms with E-state index in [2.05, 4.69) is 40.7 Å². The topological polar surface area (TPSA) is 64.3 Å². The third-order valence-corrected chi connectivity index (χ3v) is 9.58. The molecule has 0 fully saturated rings. The molecular weight excluding hydrogens is 560 g/mol. The molecule has 6 rings (SSSR count). The van der Waals surface area contributed by atoms with Crippen molar-refractivity contribution in [2.45, 2.75) is 47.3 Å². The maximum absolute atomic E-state index is 11.9. The van der Waals surface area contributed by atoms with E-state index in [1.807, 2.05) is 54.2 Å². The van der Waals surface area contributed by atoms with Crippen molar-refractivity contribution in [3.05, 3.63) is 118 Å². The predicted molar refractivity (Wildman–Crippen MR) is 163 cm³/mol. The number of halogens is 1. The number of carbonyl (C=O) groups is 1. The number of hydrogen-bond acceptors (Lipinski definition) is 5. The summed E-state index contributed by atoms with van der Waals surface area (Å²) in [5.74, 6) is 0.627. The average molecular weight is 587 g/mol. The number of benzene rings is 3. The fourth-order valence-electron chi connectivity index (χ4n) is 5.15. The molecule has 1 aliphatic heterocycles. The zero-order valence-electron chi connectivity index (χ0n) is 21.8. The first-order chi connectivity index (χ1) is 19.5. The van der Waals surface area contributed by atoms with Gasteiger partial charge in [0.2, 0.25) is 0 Å². The standard InChI is InChI=1S/C32H27ClN2O3S2/c1-20-16-25-28(38-18-23-6-4-5-15-34-23)14-13-26-30(25)31(40-20)27(35(26)17-21-9-11-22(33)12-10-21)19-39-29-8-3-2-7-24(29)32(36)37/h2-15,20H,16-19H2,1H3,(H,36,37). The molecule has 5 aromatic rings. The molecule has 202 valence electrons. The summed E-state index contributed by atoms with van der Waals surface area (Å²) in [6.07, 6.45) is 2.69. The largest absolute Gasteiger partial charge is 0.487 e. The van der Waals surface area contributed by atoms with Crippen molar-refractivity contribution in [3.8, 4) is 5.75 Å².